The number of nitrogens with one attached hydrogen (secondary N) is 1. The Morgan fingerprint density at radius 2 is 1.85 bits per heavy atom. The Balaban J connectivity index is 3.06. The SMILES string of the molecule is CC(C)(C)ON(Cc1ccc(O[Si](C)(C)C(C)(C)C)c(Br)c1)C(=N)N=C=O. The number of hydroxylamine groups is 2. The van der Waals surface area contributed by atoms with Gasteiger partial charge in [-0.15, -0.1) is 4.99 Å². The summed E-state index contributed by atoms with van der Waals surface area (Å²) < 4.78 is 7.20. The summed E-state index contributed by atoms with van der Waals surface area (Å²) in [5.41, 5.74) is 0.354. The number of benzene rings is 1. The third kappa shape index (κ3) is 7.22. The van der Waals surface area contributed by atoms with Gasteiger partial charge in [-0.25, -0.2) is 9.86 Å². The zero-order valence-electron chi connectivity index (χ0n) is 17.4. The van der Waals surface area contributed by atoms with Gasteiger partial charge in [0, 0.05) is 0 Å². The highest BCUT2D eigenvalue weighted by Crippen LogP contribution is 2.39. The normalized spacial score (nSPS) is 12.3. The van der Waals surface area contributed by atoms with Gasteiger partial charge in [0.05, 0.1) is 16.6 Å². The van der Waals surface area contributed by atoms with Gasteiger partial charge in [0.2, 0.25) is 6.08 Å². The number of guanidine groups is 1. The molecule has 0 atom stereocenters. The third-order valence-corrected chi connectivity index (χ3v) is 9.23. The highest BCUT2D eigenvalue weighted by atomic mass is 79.9. The van der Waals surface area contributed by atoms with Crippen LogP contribution >= 0.6 is 15.9 Å². The zero-order valence-corrected chi connectivity index (χ0v) is 20.0. The van der Waals surface area contributed by atoms with E-state index >= 15 is 0 Å². The van der Waals surface area contributed by atoms with Crippen molar-refractivity contribution in [1.29, 1.82) is 5.41 Å². The van der Waals surface area contributed by atoms with E-state index in [-0.39, 0.29) is 17.5 Å². The summed E-state index contributed by atoms with van der Waals surface area (Å²) in [4.78, 5) is 19.6. The second-order valence-electron chi connectivity index (χ2n) is 8.89. The first-order chi connectivity index (χ1) is 12.2. The maximum atomic E-state index is 10.5. The Hall–Kier alpha value is -1.47. The van der Waals surface area contributed by atoms with Gasteiger partial charge in [0.15, 0.2) is 0 Å². The first kappa shape index (κ1) is 23.6. The minimum Gasteiger partial charge on any atom is -0.543 e. The molecule has 0 aliphatic carbocycles. The largest absolute Gasteiger partial charge is 0.543 e. The van der Waals surface area contributed by atoms with Gasteiger partial charge in [-0.05, 0) is 72.5 Å². The quantitative estimate of drug-likeness (QED) is 0.205. The van der Waals surface area contributed by atoms with Crippen molar-refractivity contribution in [1.82, 2.24) is 5.06 Å². The molecule has 1 aromatic carbocycles. The molecule has 0 spiro atoms. The maximum absolute atomic E-state index is 10.5. The minimum absolute atomic E-state index is 0.102. The molecule has 0 aliphatic rings. The van der Waals surface area contributed by atoms with Crippen molar-refractivity contribution in [2.75, 3.05) is 0 Å². The van der Waals surface area contributed by atoms with Crippen LogP contribution < -0.4 is 4.43 Å². The monoisotopic (exact) mass is 455 g/mol. The van der Waals surface area contributed by atoms with Crippen molar-refractivity contribution >= 4 is 36.3 Å². The Labute approximate surface area is 171 Å². The minimum atomic E-state index is -1.94. The van der Waals surface area contributed by atoms with Crippen LogP contribution in [0, 0.1) is 5.41 Å². The summed E-state index contributed by atoms with van der Waals surface area (Å²) in [6.45, 7) is 16.8. The van der Waals surface area contributed by atoms with Crippen LogP contribution in [0.4, 0.5) is 0 Å². The molecular formula is C19H30BrN3O3Si. The number of rotatable bonds is 5. The lowest BCUT2D eigenvalue weighted by molar-refractivity contribution is -0.188. The number of halogens is 1. The van der Waals surface area contributed by atoms with Crippen LogP contribution in [-0.2, 0) is 16.2 Å². The lowest BCUT2D eigenvalue weighted by Crippen LogP contribution is -2.43. The highest BCUT2D eigenvalue weighted by Gasteiger charge is 2.39. The van der Waals surface area contributed by atoms with E-state index in [4.69, 9.17) is 14.7 Å². The lowest BCUT2D eigenvalue weighted by atomic mass is 10.2. The van der Waals surface area contributed by atoms with Crippen molar-refractivity contribution in [2.24, 2.45) is 4.99 Å². The Bertz CT molecular complexity index is 733. The van der Waals surface area contributed by atoms with E-state index in [1.54, 1.807) is 0 Å². The Morgan fingerprint density at radius 1 is 1.26 bits per heavy atom. The molecule has 0 saturated carbocycles. The van der Waals surface area contributed by atoms with Gasteiger partial charge in [-0.3, -0.25) is 10.2 Å². The average molecular weight is 456 g/mol. The van der Waals surface area contributed by atoms with E-state index in [0.29, 0.717) is 0 Å². The van der Waals surface area contributed by atoms with Crippen LogP contribution in [0.5, 0.6) is 5.75 Å². The number of nitrogens with zero attached hydrogens (tertiary/aromatic N) is 2. The highest BCUT2D eigenvalue weighted by molar-refractivity contribution is 9.10. The molecule has 0 amide bonds. The van der Waals surface area contributed by atoms with Crippen LogP contribution in [0.2, 0.25) is 18.1 Å². The number of aliphatic imine (C=N–C) groups is 1. The molecule has 6 nitrogen and oxygen atoms in total. The van der Waals surface area contributed by atoms with E-state index < -0.39 is 13.9 Å². The number of hydrogen-bond donors (Lipinski definition) is 1. The lowest BCUT2D eigenvalue weighted by Gasteiger charge is -2.36. The van der Waals surface area contributed by atoms with Crippen molar-refractivity contribution in [3.63, 3.8) is 0 Å². The summed E-state index contributed by atoms with van der Waals surface area (Å²) in [7, 11) is -1.94. The number of carbonyl (C=O) groups excluding carboxylic acids is 1. The van der Waals surface area contributed by atoms with Crippen molar-refractivity contribution in [3.05, 3.63) is 28.2 Å². The topological polar surface area (TPSA) is 75.0 Å². The first-order valence-corrected chi connectivity index (χ1v) is 12.5. The van der Waals surface area contributed by atoms with Crippen LogP contribution in [0.1, 0.15) is 47.1 Å². The van der Waals surface area contributed by atoms with Gasteiger partial charge in [0.25, 0.3) is 14.3 Å². The van der Waals surface area contributed by atoms with Crippen LogP contribution in [-0.4, -0.2) is 31.0 Å². The molecule has 0 radical (unpaired) electrons. The molecule has 150 valence electrons. The zero-order chi connectivity index (χ0) is 21.0. The van der Waals surface area contributed by atoms with Crippen molar-refractivity contribution in [3.8, 4) is 5.75 Å². The van der Waals surface area contributed by atoms with Gasteiger partial charge >= 0.3 is 0 Å². The van der Waals surface area contributed by atoms with Crippen LogP contribution in [0.25, 0.3) is 0 Å². The van der Waals surface area contributed by atoms with E-state index in [1.807, 2.05) is 39.0 Å². The molecule has 0 aliphatic heterocycles. The smallest absolute Gasteiger partial charge is 0.253 e. The molecule has 1 aromatic rings. The first-order valence-electron chi connectivity index (χ1n) is 8.77. The molecule has 8 heteroatoms. The second-order valence-corrected chi connectivity index (χ2v) is 14.5. The Kier molecular flexibility index (Phi) is 7.58. The maximum Gasteiger partial charge on any atom is 0.253 e. The molecule has 1 rings (SSSR count). The molecule has 0 saturated heterocycles. The van der Waals surface area contributed by atoms with Gasteiger partial charge in [-0.1, -0.05) is 26.8 Å². The van der Waals surface area contributed by atoms with Gasteiger partial charge in [-0.2, -0.15) is 0 Å². The fourth-order valence-electron chi connectivity index (χ4n) is 1.90. The molecule has 27 heavy (non-hydrogen) atoms. The summed E-state index contributed by atoms with van der Waals surface area (Å²) in [6, 6.07) is 5.77. The molecule has 0 aromatic heterocycles. The predicted molar refractivity (Wildman–Crippen MR) is 114 cm³/mol. The fourth-order valence-corrected chi connectivity index (χ4v) is 3.59. The molecule has 0 unspecified atom stereocenters. The van der Waals surface area contributed by atoms with Crippen LogP contribution in [0.3, 0.4) is 0 Å². The van der Waals surface area contributed by atoms with E-state index in [1.165, 1.54) is 11.1 Å². The van der Waals surface area contributed by atoms with Gasteiger partial charge < -0.3 is 4.43 Å². The molecule has 0 fully saturated rings. The van der Waals surface area contributed by atoms with Crippen LogP contribution in [0.15, 0.2) is 27.7 Å². The summed E-state index contributed by atoms with van der Waals surface area (Å²) >= 11 is 3.58. The average Bonchev–Trinajstić information content (AvgIpc) is 2.47. The second kappa shape index (κ2) is 8.69. The van der Waals surface area contributed by atoms with E-state index in [2.05, 4.69) is 54.8 Å². The van der Waals surface area contributed by atoms with Crippen molar-refractivity contribution in [2.45, 2.75) is 71.8 Å². The van der Waals surface area contributed by atoms with Gasteiger partial charge in [0.1, 0.15) is 5.75 Å². The molecular weight excluding hydrogens is 426 g/mol. The molecule has 0 bridgehead atoms. The third-order valence-electron chi connectivity index (χ3n) is 4.27. The number of hydrogen-bond acceptors (Lipinski definition) is 4. The molecule has 0 heterocycles. The van der Waals surface area contributed by atoms with E-state index in [0.717, 1.165) is 15.8 Å². The fraction of sp³-hybridized carbons (Fsp3) is 0.579. The standard InChI is InChI=1S/C19H30BrN3O3Si/c1-18(2,3)26-23(17(21)22-13-24)12-14-9-10-16(15(20)11-14)25-27(7,8)19(4,5)6/h9-11,21H,12H2,1-8H3. The Morgan fingerprint density at radius 3 is 2.30 bits per heavy atom. The van der Waals surface area contributed by atoms with E-state index in [9.17, 15) is 4.79 Å². The summed E-state index contributed by atoms with van der Waals surface area (Å²) in [5.74, 6) is 0.507. The summed E-state index contributed by atoms with van der Waals surface area (Å²) in [6.07, 6.45) is 1.38. The van der Waals surface area contributed by atoms with Crippen molar-refractivity contribution < 1.29 is 14.1 Å². The summed E-state index contributed by atoms with van der Waals surface area (Å²) in [5, 5.41) is 9.28. The molecule has 1 N–H and O–H groups in total. The predicted octanol–water partition coefficient (Wildman–Crippen LogP) is 5.64. The number of isocyanates is 1.